The van der Waals surface area contributed by atoms with Crippen LogP contribution in [0.1, 0.15) is 17.3 Å². The number of rotatable bonds is 2. The minimum absolute atomic E-state index is 0.0698. The maximum absolute atomic E-state index is 13.7. The van der Waals surface area contributed by atoms with Gasteiger partial charge >= 0.3 is 0 Å². The van der Waals surface area contributed by atoms with Crippen molar-refractivity contribution in [2.75, 3.05) is 39.3 Å². The molecule has 124 valence electrons. The van der Waals surface area contributed by atoms with Crippen LogP contribution >= 0.6 is 0 Å². The van der Waals surface area contributed by atoms with Crippen molar-refractivity contribution < 1.29 is 18.4 Å². The molecule has 2 aliphatic heterocycles. The van der Waals surface area contributed by atoms with Gasteiger partial charge in [-0.1, -0.05) is 6.07 Å². The fraction of sp³-hybridized carbons (Fsp3) is 0.500. The lowest BCUT2D eigenvalue weighted by Crippen LogP contribution is -2.63. The van der Waals surface area contributed by atoms with Gasteiger partial charge in [-0.2, -0.15) is 0 Å². The molecule has 2 saturated heterocycles. The van der Waals surface area contributed by atoms with Gasteiger partial charge in [0.25, 0.3) is 5.91 Å². The molecule has 0 saturated carbocycles. The lowest BCUT2D eigenvalue weighted by atomic mass is 9.82. The second kappa shape index (κ2) is 5.88. The Bertz CT molecular complexity index is 618. The van der Waals surface area contributed by atoms with Crippen molar-refractivity contribution in [3.63, 3.8) is 0 Å². The van der Waals surface area contributed by atoms with Crippen LogP contribution in [0.15, 0.2) is 18.2 Å². The molecule has 0 bridgehead atoms. The van der Waals surface area contributed by atoms with E-state index in [4.69, 9.17) is 0 Å². The molecule has 23 heavy (non-hydrogen) atoms. The number of hydrogen-bond donors (Lipinski definition) is 1. The van der Waals surface area contributed by atoms with Gasteiger partial charge in [0.15, 0.2) is 0 Å². The van der Waals surface area contributed by atoms with E-state index in [2.05, 4.69) is 5.32 Å². The van der Waals surface area contributed by atoms with Crippen LogP contribution in [-0.2, 0) is 4.79 Å². The zero-order valence-electron chi connectivity index (χ0n) is 12.9. The van der Waals surface area contributed by atoms with E-state index >= 15 is 0 Å². The van der Waals surface area contributed by atoms with E-state index in [-0.39, 0.29) is 24.4 Å². The van der Waals surface area contributed by atoms with Crippen LogP contribution in [0.4, 0.5) is 8.78 Å². The Labute approximate surface area is 133 Å². The molecule has 0 aromatic heterocycles. The van der Waals surface area contributed by atoms with Crippen molar-refractivity contribution in [2.24, 2.45) is 5.41 Å². The predicted octanol–water partition coefficient (Wildman–Crippen LogP) is 0.859. The van der Waals surface area contributed by atoms with Crippen molar-refractivity contribution in [1.82, 2.24) is 15.1 Å². The van der Waals surface area contributed by atoms with Crippen LogP contribution in [0.2, 0.25) is 0 Å². The standard InChI is InChI=1S/C16H19F2N3O2/c1-16(9-19-10-16)15(23)21-7-5-20(6-8-21)14(22)13-11(17)3-2-4-12(13)18/h2-4,19H,5-10H2,1H3. The van der Waals surface area contributed by atoms with E-state index in [1.54, 1.807) is 4.90 Å². The summed E-state index contributed by atoms with van der Waals surface area (Å²) in [5.74, 6) is -2.31. The van der Waals surface area contributed by atoms with Gasteiger partial charge in [0, 0.05) is 39.3 Å². The normalized spacial score (nSPS) is 20.1. The number of carbonyl (C=O) groups is 2. The first kappa shape index (κ1) is 15.9. The van der Waals surface area contributed by atoms with Crippen LogP contribution in [0.25, 0.3) is 0 Å². The van der Waals surface area contributed by atoms with Gasteiger partial charge in [-0.15, -0.1) is 0 Å². The minimum Gasteiger partial charge on any atom is -0.339 e. The molecule has 3 rings (SSSR count). The van der Waals surface area contributed by atoms with Crippen molar-refractivity contribution in [2.45, 2.75) is 6.92 Å². The fourth-order valence-electron chi connectivity index (χ4n) is 3.01. The average molecular weight is 323 g/mol. The smallest absolute Gasteiger partial charge is 0.259 e. The van der Waals surface area contributed by atoms with Gasteiger partial charge < -0.3 is 15.1 Å². The Balaban J connectivity index is 1.65. The average Bonchev–Trinajstić information content (AvgIpc) is 2.52. The van der Waals surface area contributed by atoms with Crippen LogP contribution < -0.4 is 5.32 Å². The first-order chi connectivity index (χ1) is 10.9. The van der Waals surface area contributed by atoms with Crippen molar-refractivity contribution in [3.8, 4) is 0 Å². The highest BCUT2D eigenvalue weighted by atomic mass is 19.1. The highest BCUT2D eigenvalue weighted by Crippen LogP contribution is 2.25. The number of nitrogens with one attached hydrogen (secondary N) is 1. The third kappa shape index (κ3) is 2.81. The second-order valence-electron chi connectivity index (χ2n) is 6.35. The number of hydrogen-bond acceptors (Lipinski definition) is 3. The molecule has 7 heteroatoms. The Morgan fingerprint density at radius 1 is 1.04 bits per heavy atom. The quantitative estimate of drug-likeness (QED) is 0.878. The van der Waals surface area contributed by atoms with Gasteiger partial charge in [-0.25, -0.2) is 8.78 Å². The molecule has 5 nitrogen and oxygen atoms in total. The summed E-state index contributed by atoms with van der Waals surface area (Å²) in [4.78, 5) is 27.9. The molecule has 0 atom stereocenters. The molecular formula is C16H19F2N3O2. The summed E-state index contributed by atoms with van der Waals surface area (Å²) in [5, 5.41) is 3.09. The highest BCUT2D eigenvalue weighted by molar-refractivity contribution is 5.95. The van der Waals surface area contributed by atoms with Gasteiger partial charge in [0.05, 0.1) is 5.41 Å². The second-order valence-corrected chi connectivity index (χ2v) is 6.35. The molecule has 0 aliphatic carbocycles. The number of halogens is 2. The maximum Gasteiger partial charge on any atom is 0.259 e. The SMILES string of the molecule is CC1(C(=O)N2CCN(C(=O)c3c(F)cccc3F)CC2)CNC1. The zero-order chi connectivity index (χ0) is 16.6. The number of piperazine rings is 1. The molecule has 0 radical (unpaired) electrons. The lowest BCUT2D eigenvalue weighted by Gasteiger charge is -2.44. The van der Waals surface area contributed by atoms with Crippen LogP contribution in [0, 0.1) is 17.0 Å². The monoisotopic (exact) mass is 323 g/mol. The van der Waals surface area contributed by atoms with E-state index in [0.717, 1.165) is 12.1 Å². The first-order valence-electron chi connectivity index (χ1n) is 7.66. The third-order valence-corrected chi connectivity index (χ3v) is 4.58. The van der Waals surface area contributed by atoms with Gasteiger partial charge in [0.2, 0.25) is 5.91 Å². The van der Waals surface area contributed by atoms with Gasteiger partial charge in [-0.05, 0) is 19.1 Å². The zero-order valence-corrected chi connectivity index (χ0v) is 12.9. The third-order valence-electron chi connectivity index (χ3n) is 4.58. The largest absolute Gasteiger partial charge is 0.339 e. The highest BCUT2D eigenvalue weighted by Gasteiger charge is 2.42. The molecule has 2 aliphatic rings. The van der Waals surface area contributed by atoms with Crippen LogP contribution in [0.5, 0.6) is 0 Å². The Kier molecular flexibility index (Phi) is 4.06. The molecule has 0 unspecified atom stereocenters. The predicted molar refractivity (Wildman–Crippen MR) is 79.8 cm³/mol. The van der Waals surface area contributed by atoms with Crippen LogP contribution in [-0.4, -0.2) is 60.9 Å². The maximum atomic E-state index is 13.7. The summed E-state index contributed by atoms with van der Waals surface area (Å²) in [7, 11) is 0. The lowest BCUT2D eigenvalue weighted by molar-refractivity contribution is -0.145. The number of nitrogens with zero attached hydrogens (tertiary/aromatic N) is 2. The summed E-state index contributed by atoms with van der Waals surface area (Å²) >= 11 is 0. The fourth-order valence-corrected chi connectivity index (χ4v) is 3.01. The van der Waals surface area contributed by atoms with Crippen molar-refractivity contribution >= 4 is 11.8 Å². The number of amides is 2. The summed E-state index contributed by atoms with van der Waals surface area (Å²) in [6.45, 7) is 4.56. The Morgan fingerprint density at radius 2 is 1.57 bits per heavy atom. The molecule has 0 spiro atoms. The molecule has 2 heterocycles. The summed E-state index contributed by atoms with van der Waals surface area (Å²) < 4.78 is 27.4. The molecule has 2 amide bonds. The van der Waals surface area contributed by atoms with E-state index < -0.39 is 23.1 Å². The van der Waals surface area contributed by atoms with Gasteiger partial charge in [-0.3, -0.25) is 9.59 Å². The summed E-state index contributed by atoms with van der Waals surface area (Å²) in [6, 6.07) is 3.37. The first-order valence-corrected chi connectivity index (χ1v) is 7.66. The van der Waals surface area contributed by atoms with Crippen LogP contribution in [0.3, 0.4) is 0 Å². The number of benzene rings is 1. The molecule has 1 aromatic rings. The minimum atomic E-state index is -0.860. The Morgan fingerprint density at radius 3 is 2.04 bits per heavy atom. The Hall–Kier alpha value is -2.02. The molecule has 2 fully saturated rings. The number of carbonyl (C=O) groups excluding carboxylic acids is 2. The molecular weight excluding hydrogens is 304 g/mol. The van der Waals surface area contributed by atoms with Crippen molar-refractivity contribution in [3.05, 3.63) is 35.4 Å². The van der Waals surface area contributed by atoms with E-state index in [0.29, 0.717) is 26.2 Å². The van der Waals surface area contributed by atoms with E-state index in [1.807, 2.05) is 6.92 Å². The summed E-state index contributed by atoms with van der Waals surface area (Å²) in [6.07, 6.45) is 0. The summed E-state index contributed by atoms with van der Waals surface area (Å²) in [5.41, 5.74) is -0.897. The van der Waals surface area contributed by atoms with E-state index in [1.165, 1.54) is 11.0 Å². The molecule has 1 aromatic carbocycles. The van der Waals surface area contributed by atoms with Crippen molar-refractivity contribution in [1.29, 1.82) is 0 Å². The van der Waals surface area contributed by atoms with Gasteiger partial charge in [0.1, 0.15) is 17.2 Å². The van der Waals surface area contributed by atoms with E-state index in [9.17, 15) is 18.4 Å². The molecule has 1 N–H and O–H groups in total. The topological polar surface area (TPSA) is 52.7 Å².